The second-order valence-corrected chi connectivity index (χ2v) is 6.78. The average Bonchev–Trinajstić information content (AvgIpc) is 3.16. The normalized spacial score (nSPS) is 11.1. The highest BCUT2D eigenvalue weighted by atomic mass is 35.5. The molecule has 4 rings (SSSR count). The molecule has 24 heavy (non-hydrogen) atoms. The Balaban J connectivity index is 1.84. The number of benzene rings is 2. The zero-order valence-electron chi connectivity index (χ0n) is 12.4. The van der Waals surface area contributed by atoms with Crippen LogP contribution in [0, 0.1) is 0 Å². The fraction of sp³-hybridized carbons (Fsp3) is 0.0625. The van der Waals surface area contributed by atoms with Crippen LogP contribution in [-0.2, 0) is 0 Å². The summed E-state index contributed by atoms with van der Waals surface area (Å²) in [5.41, 5.74) is 1.69. The number of aromatic nitrogens is 4. The molecule has 120 valence electrons. The van der Waals surface area contributed by atoms with Crippen molar-refractivity contribution in [2.45, 2.75) is 0 Å². The molecule has 0 spiro atoms. The molecule has 4 aromatic rings. The summed E-state index contributed by atoms with van der Waals surface area (Å²) in [6.07, 6.45) is 0. The van der Waals surface area contributed by atoms with Crippen molar-refractivity contribution in [1.82, 2.24) is 19.8 Å². The van der Waals surface area contributed by atoms with E-state index < -0.39 is 0 Å². The van der Waals surface area contributed by atoms with Crippen LogP contribution in [0.3, 0.4) is 0 Å². The van der Waals surface area contributed by atoms with Gasteiger partial charge in [-0.3, -0.25) is 0 Å². The summed E-state index contributed by atoms with van der Waals surface area (Å²) >= 11 is 13.7. The van der Waals surface area contributed by atoms with E-state index in [1.807, 2.05) is 30.3 Å². The van der Waals surface area contributed by atoms with E-state index >= 15 is 0 Å². The number of fused-ring (bicyclic) bond motifs is 1. The Labute approximate surface area is 151 Å². The third-order valence-corrected chi connectivity index (χ3v) is 4.98. The third kappa shape index (κ3) is 2.62. The van der Waals surface area contributed by atoms with Gasteiger partial charge in [0.05, 0.1) is 12.1 Å². The monoisotopic (exact) mass is 376 g/mol. The third-order valence-electron chi connectivity index (χ3n) is 3.48. The first-order chi connectivity index (χ1) is 11.7. The van der Waals surface area contributed by atoms with Gasteiger partial charge >= 0.3 is 0 Å². The molecule has 0 saturated carbocycles. The van der Waals surface area contributed by atoms with Gasteiger partial charge in [-0.25, -0.2) is 0 Å². The summed E-state index contributed by atoms with van der Waals surface area (Å²) in [5, 5.41) is 14.9. The number of hydrogen-bond donors (Lipinski definition) is 0. The molecule has 8 heteroatoms. The summed E-state index contributed by atoms with van der Waals surface area (Å²) in [7, 11) is 1.64. The number of hydrogen-bond acceptors (Lipinski definition) is 5. The van der Waals surface area contributed by atoms with Gasteiger partial charge in [0.2, 0.25) is 4.96 Å². The smallest absolute Gasteiger partial charge is 0.235 e. The number of halogens is 2. The molecule has 0 aliphatic carbocycles. The number of methoxy groups -OCH3 is 1. The van der Waals surface area contributed by atoms with E-state index in [9.17, 15) is 0 Å². The maximum absolute atomic E-state index is 6.28. The molecule has 5 nitrogen and oxygen atoms in total. The van der Waals surface area contributed by atoms with Crippen molar-refractivity contribution in [3.8, 4) is 27.7 Å². The van der Waals surface area contributed by atoms with E-state index in [-0.39, 0.29) is 0 Å². The van der Waals surface area contributed by atoms with Gasteiger partial charge in [0.25, 0.3) is 0 Å². The molecule has 0 saturated heterocycles. The van der Waals surface area contributed by atoms with Crippen molar-refractivity contribution in [1.29, 1.82) is 0 Å². The zero-order chi connectivity index (χ0) is 16.7. The first-order valence-electron chi connectivity index (χ1n) is 6.98. The molecule has 0 aliphatic heterocycles. The largest absolute Gasteiger partial charge is 0.497 e. The fourth-order valence-electron chi connectivity index (χ4n) is 2.33. The van der Waals surface area contributed by atoms with Gasteiger partial charge in [-0.1, -0.05) is 46.7 Å². The lowest BCUT2D eigenvalue weighted by Gasteiger charge is -2.02. The van der Waals surface area contributed by atoms with Gasteiger partial charge in [0.15, 0.2) is 5.82 Å². The van der Waals surface area contributed by atoms with Crippen LogP contribution in [0.2, 0.25) is 10.0 Å². The predicted octanol–water partition coefficient (Wildman–Crippen LogP) is 4.84. The maximum atomic E-state index is 6.28. The fourth-order valence-corrected chi connectivity index (χ4v) is 3.66. The lowest BCUT2D eigenvalue weighted by atomic mass is 10.2. The van der Waals surface area contributed by atoms with E-state index in [1.165, 1.54) is 11.3 Å². The number of nitrogens with zero attached hydrogens (tertiary/aromatic N) is 4. The number of ether oxygens (including phenoxy) is 1. The minimum Gasteiger partial charge on any atom is -0.497 e. The molecule has 0 atom stereocenters. The van der Waals surface area contributed by atoms with E-state index in [0.29, 0.717) is 20.8 Å². The minimum atomic E-state index is 0.507. The second-order valence-electron chi connectivity index (χ2n) is 4.98. The van der Waals surface area contributed by atoms with Gasteiger partial charge in [-0.2, -0.15) is 9.61 Å². The van der Waals surface area contributed by atoms with E-state index in [0.717, 1.165) is 21.9 Å². The first-order valence-corrected chi connectivity index (χ1v) is 8.55. The van der Waals surface area contributed by atoms with Crippen molar-refractivity contribution in [2.75, 3.05) is 7.11 Å². The molecule has 0 aliphatic rings. The Morgan fingerprint density at radius 3 is 2.75 bits per heavy atom. The van der Waals surface area contributed by atoms with Gasteiger partial charge in [-0.05, 0) is 30.3 Å². The summed E-state index contributed by atoms with van der Waals surface area (Å²) in [5.74, 6) is 1.36. The first kappa shape index (κ1) is 15.4. The minimum absolute atomic E-state index is 0.507. The maximum Gasteiger partial charge on any atom is 0.235 e. The van der Waals surface area contributed by atoms with E-state index in [2.05, 4.69) is 15.3 Å². The standard InChI is InChI=1S/C16H10Cl2N4OS/c1-23-11-4-2-3-9(7-11)15-21-22-14(19-20-16(22)24-15)12-6-5-10(17)8-13(12)18/h2-8H,1H3. The Bertz CT molecular complexity index is 1040. The lowest BCUT2D eigenvalue weighted by Crippen LogP contribution is -1.92. The summed E-state index contributed by atoms with van der Waals surface area (Å²) < 4.78 is 6.95. The molecule has 2 aromatic heterocycles. The van der Waals surface area contributed by atoms with Crippen LogP contribution in [0.4, 0.5) is 0 Å². The average molecular weight is 377 g/mol. The Morgan fingerprint density at radius 2 is 1.96 bits per heavy atom. The summed E-state index contributed by atoms with van der Waals surface area (Å²) in [6, 6.07) is 13.0. The highest BCUT2D eigenvalue weighted by molar-refractivity contribution is 7.19. The van der Waals surface area contributed by atoms with E-state index in [1.54, 1.807) is 23.8 Å². The molecular weight excluding hydrogens is 367 g/mol. The van der Waals surface area contributed by atoms with Crippen LogP contribution < -0.4 is 4.74 Å². The molecular formula is C16H10Cl2N4OS. The van der Waals surface area contributed by atoms with E-state index in [4.69, 9.17) is 27.9 Å². The Hall–Kier alpha value is -2.15. The van der Waals surface area contributed by atoms with Gasteiger partial charge in [0, 0.05) is 16.1 Å². The Morgan fingerprint density at radius 1 is 1.08 bits per heavy atom. The molecule has 0 bridgehead atoms. The molecule has 2 heterocycles. The van der Waals surface area contributed by atoms with Crippen molar-refractivity contribution >= 4 is 39.5 Å². The topological polar surface area (TPSA) is 52.3 Å². The van der Waals surface area contributed by atoms with Gasteiger partial charge < -0.3 is 4.74 Å². The predicted molar refractivity (Wildman–Crippen MR) is 96.1 cm³/mol. The molecule has 0 amide bonds. The molecule has 2 aromatic carbocycles. The lowest BCUT2D eigenvalue weighted by molar-refractivity contribution is 0.415. The van der Waals surface area contributed by atoms with Crippen molar-refractivity contribution in [2.24, 2.45) is 0 Å². The second kappa shape index (κ2) is 6.05. The van der Waals surface area contributed by atoms with Crippen LogP contribution in [0.15, 0.2) is 42.5 Å². The van der Waals surface area contributed by atoms with Crippen molar-refractivity contribution in [3.63, 3.8) is 0 Å². The quantitative estimate of drug-likeness (QED) is 0.513. The molecule has 0 fully saturated rings. The van der Waals surface area contributed by atoms with Crippen LogP contribution in [0.5, 0.6) is 5.75 Å². The van der Waals surface area contributed by atoms with Crippen molar-refractivity contribution in [3.05, 3.63) is 52.5 Å². The van der Waals surface area contributed by atoms with Crippen LogP contribution in [0.25, 0.3) is 26.9 Å². The van der Waals surface area contributed by atoms with Crippen LogP contribution in [-0.4, -0.2) is 26.9 Å². The van der Waals surface area contributed by atoms with Gasteiger partial charge in [-0.15, -0.1) is 10.2 Å². The van der Waals surface area contributed by atoms with Gasteiger partial charge in [0.1, 0.15) is 10.8 Å². The summed E-state index contributed by atoms with van der Waals surface area (Å²) in [4.78, 5) is 0.689. The SMILES string of the molecule is COc1cccc(-c2nn3c(-c4ccc(Cl)cc4Cl)nnc3s2)c1. The Kier molecular flexibility index (Phi) is 3.88. The number of rotatable bonds is 3. The zero-order valence-corrected chi connectivity index (χ0v) is 14.7. The van der Waals surface area contributed by atoms with Crippen molar-refractivity contribution < 1.29 is 4.74 Å². The molecule has 0 unspecified atom stereocenters. The summed E-state index contributed by atoms with van der Waals surface area (Å²) in [6.45, 7) is 0. The highest BCUT2D eigenvalue weighted by Gasteiger charge is 2.16. The highest BCUT2D eigenvalue weighted by Crippen LogP contribution is 2.33. The van der Waals surface area contributed by atoms with Crippen LogP contribution >= 0.6 is 34.5 Å². The van der Waals surface area contributed by atoms with Crippen LogP contribution in [0.1, 0.15) is 0 Å². The molecule has 0 N–H and O–H groups in total. The molecule has 0 radical (unpaired) electrons.